The Morgan fingerprint density at radius 1 is 1.17 bits per heavy atom. The van der Waals surface area contributed by atoms with Gasteiger partial charge in [0.25, 0.3) is 0 Å². The van der Waals surface area contributed by atoms with Gasteiger partial charge in [-0.05, 0) is 49.1 Å². The van der Waals surface area contributed by atoms with Crippen molar-refractivity contribution < 1.29 is 18.3 Å². The lowest BCUT2D eigenvalue weighted by Crippen LogP contribution is -2.39. The molecule has 0 saturated heterocycles. The Labute approximate surface area is 143 Å². The topological polar surface area (TPSA) is 75.6 Å². The van der Waals surface area contributed by atoms with Gasteiger partial charge in [0.1, 0.15) is 10.6 Å². The molecule has 0 radical (unpaired) electrons. The predicted octanol–water partition coefficient (Wildman–Crippen LogP) is 2.19. The maximum absolute atomic E-state index is 12.7. The van der Waals surface area contributed by atoms with Crippen molar-refractivity contribution in [2.24, 2.45) is 0 Å². The molecule has 0 bridgehead atoms. The van der Waals surface area contributed by atoms with Gasteiger partial charge >= 0.3 is 0 Å². The summed E-state index contributed by atoms with van der Waals surface area (Å²) < 4.78 is 33.1. The Balaban J connectivity index is 2.27. The fraction of sp³-hybridized carbons (Fsp3) is 0.333. The number of aliphatic hydroxyl groups excluding tert-OH is 1. The van der Waals surface area contributed by atoms with Gasteiger partial charge in [-0.3, -0.25) is 0 Å². The first-order valence-corrected chi connectivity index (χ1v) is 9.18. The van der Waals surface area contributed by atoms with E-state index in [9.17, 15) is 13.5 Å². The molecule has 5 nitrogen and oxygen atoms in total. The molecule has 2 aromatic rings. The molecule has 0 aliphatic heterocycles. The zero-order valence-corrected chi connectivity index (χ0v) is 14.9. The van der Waals surface area contributed by atoms with Crippen molar-refractivity contribution in [1.29, 1.82) is 0 Å². The first-order chi connectivity index (χ1) is 11.4. The lowest BCUT2D eigenvalue weighted by atomic mass is 10.0. The second-order valence-corrected chi connectivity index (χ2v) is 7.47. The molecule has 1 atom stereocenters. The third kappa shape index (κ3) is 4.35. The molecule has 0 fully saturated rings. The van der Waals surface area contributed by atoms with E-state index in [0.29, 0.717) is 6.42 Å². The van der Waals surface area contributed by atoms with E-state index in [0.717, 1.165) is 16.7 Å². The molecule has 2 rings (SSSR count). The molecule has 6 heteroatoms. The molecule has 0 heterocycles. The largest absolute Gasteiger partial charge is 0.495 e. The van der Waals surface area contributed by atoms with Gasteiger partial charge in [-0.25, -0.2) is 13.1 Å². The summed E-state index contributed by atoms with van der Waals surface area (Å²) in [4.78, 5) is 0.0771. The number of hydrogen-bond acceptors (Lipinski definition) is 4. The fourth-order valence-corrected chi connectivity index (χ4v) is 4.01. The number of ether oxygens (including phenoxy) is 1. The number of nitrogens with one attached hydrogen (secondary N) is 1. The Hall–Kier alpha value is -1.89. The Kier molecular flexibility index (Phi) is 5.99. The summed E-state index contributed by atoms with van der Waals surface area (Å²) in [6.07, 6.45) is 0.413. The predicted molar refractivity (Wildman–Crippen MR) is 93.8 cm³/mol. The van der Waals surface area contributed by atoms with Crippen LogP contribution < -0.4 is 9.46 Å². The first-order valence-electron chi connectivity index (χ1n) is 7.69. The van der Waals surface area contributed by atoms with Crippen LogP contribution in [0, 0.1) is 13.8 Å². The van der Waals surface area contributed by atoms with Crippen LogP contribution in [0.15, 0.2) is 47.4 Å². The molecular weight excluding hydrogens is 326 g/mol. The van der Waals surface area contributed by atoms with Gasteiger partial charge in [-0.2, -0.15) is 0 Å². The van der Waals surface area contributed by atoms with Crippen LogP contribution in [0.25, 0.3) is 0 Å². The molecule has 2 N–H and O–H groups in total. The Bertz CT molecular complexity index is 802. The smallest absolute Gasteiger partial charge is 0.244 e. The summed E-state index contributed by atoms with van der Waals surface area (Å²) in [7, 11) is -2.37. The van der Waals surface area contributed by atoms with Crippen LogP contribution in [0.3, 0.4) is 0 Å². The van der Waals surface area contributed by atoms with Crippen LogP contribution in [0.1, 0.15) is 16.7 Å². The van der Waals surface area contributed by atoms with E-state index in [-0.39, 0.29) is 17.3 Å². The van der Waals surface area contributed by atoms with E-state index in [1.807, 2.05) is 38.1 Å². The monoisotopic (exact) mass is 349 g/mol. The highest BCUT2D eigenvalue weighted by Gasteiger charge is 2.24. The lowest BCUT2D eigenvalue weighted by Gasteiger charge is -2.19. The highest BCUT2D eigenvalue weighted by Crippen LogP contribution is 2.25. The zero-order valence-electron chi connectivity index (χ0n) is 14.1. The number of rotatable bonds is 7. The zero-order chi connectivity index (χ0) is 17.7. The van der Waals surface area contributed by atoms with E-state index < -0.39 is 16.1 Å². The van der Waals surface area contributed by atoms with Gasteiger partial charge in [0.2, 0.25) is 10.0 Å². The molecule has 0 aliphatic carbocycles. The van der Waals surface area contributed by atoms with Crippen molar-refractivity contribution >= 4 is 10.0 Å². The van der Waals surface area contributed by atoms with E-state index in [2.05, 4.69) is 4.72 Å². The van der Waals surface area contributed by atoms with Crippen molar-refractivity contribution in [3.63, 3.8) is 0 Å². The number of sulfonamides is 1. The van der Waals surface area contributed by atoms with E-state index in [1.54, 1.807) is 18.2 Å². The summed E-state index contributed by atoms with van der Waals surface area (Å²) >= 11 is 0. The second kappa shape index (κ2) is 7.79. The highest BCUT2D eigenvalue weighted by molar-refractivity contribution is 7.89. The average molecular weight is 349 g/mol. The lowest BCUT2D eigenvalue weighted by molar-refractivity contribution is 0.256. The SMILES string of the molecule is COc1ccc(C)cc1S(=O)(=O)NC(CO)Cc1ccccc1C. The Morgan fingerprint density at radius 2 is 1.88 bits per heavy atom. The summed E-state index contributed by atoms with van der Waals surface area (Å²) in [5.41, 5.74) is 2.87. The summed E-state index contributed by atoms with van der Waals surface area (Å²) in [6.45, 7) is 3.48. The normalized spacial score (nSPS) is 12.8. The third-order valence-electron chi connectivity index (χ3n) is 3.88. The number of aryl methyl sites for hydroxylation is 2. The van der Waals surface area contributed by atoms with Crippen molar-refractivity contribution in [2.75, 3.05) is 13.7 Å². The number of hydrogen-bond donors (Lipinski definition) is 2. The van der Waals surface area contributed by atoms with Crippen molar-refractivity contribution in [1.82, 2.24) is 4.72 Å². The van der Waals surface area contributed by atoms with Gasteiger partial charge < -0.3 is 9.84 Å². The summed E-state index contributed by atoms with van der Waals surface area (Å²) in [5.74, 6) is 0.278. The summed E-state index contributed by atoms with van der Waals surface area (Å²) in [5, 5.41) is 9.61. The van der Waals surface area contributed by atoms with Gasteiger partial charge in [0.15, 0.2) is 0 Å². The minimum atomic E-state index is -3.80. The maximum Gasteiger partial charge on any atom is 0.244 e. The maximum atomic E-state index is 12.7. The number of benzene rings is 2. The van der Waals surface area contributed by atoms with Crippen LogP contribution in [-0.2, 0) is 16.4 Å². The van der Waals surface area contributed by atoms with Crippen LogP contribution >= 0.6 is 0 Å². The van der Waals surface area contributed by atoms with E-state index >= 15 is 0 Å². The molecule has 0 saturated carbocycles. The van der Waals surface area contributed by atoms with Crippen LogP contribution in [0.4, 0.5) is 0 Å². The molecule has 130 valence electrons. The quantitative estimate of drug-likeness (QED) is 0.803. The molecule has 2 aromatic carbocycles. The minimum Gasteiger partial charge on any atom is -0.495 e. The Morgan fingerprint density at radius 3 is 2.50 bits per heavy atom. The van der Waals surface area contributed by atoms with Gasteiger partial charge in [-0.1, -0.05) is 30.3 Å². The van der Waals surface area contributed by atoms with Gasteiger partial charge in [0.05, 0.1) is 13.7 Å². The van der Waals surface area contributed by atoms with Crippen LogP contribution in [-0.4, -0.2) is 33.3 Å². The molecule has 0 spiro atoms. The standard InChI is InChI=1S/C18H23NO4S/c1-13-8-9-17(23-3)18(10-13)24(21,22)19-16(12-20)11-15-7-5-4-6-14(15)2/h4-10,16,19-20H,11-12H2,1-3H3. The van der Waals surface area contributed by atoms with Crippen molar-refractivity contribution in [2.45, 2.75) is 31.2 Å². The molecule has 0 aromatic heterocycles. The van der Waals surface area contributed by atoms with Crippen molar-refractivity contribution in [3.05, 3.63) is 59.2 Å². The van der Waals surface area contributed by atoms with E-state index in [1.165, 1.54) is 7.11 Å². The van der Waals surface area contributed by atoms with E-state index in [4.69, 9.17) is 4.74 Å². The minimum absolute atomic E-state index is 0.0771. The number of aliphatic hydroxyl groups is 1. The van der Waals surface area contributed by atoms with Gasteiger partial charge in [-0.15, -0.1) is 0 Å². The summed E-state index contributed by atoms with van der Waals surface area (Å²) in [6, 6.07) is 12.1. The third-order valence-corrected chi connectivity index (χ3v) is 5.42. The molecular formula is C18H23NO4S. The first kappa shape index (κ1) is 18.4. The molecule has 0 aliphatic rings. The molecule has 24 heavy (non-hydrogen) atoms. The van der Waals surface area contributed by atoms with Crippen LogP contribution in [0.5, 0.6) is 5.75 Å². The number of methoxy groups -OCH3 is 1. The van der Waals surface area contributed by atoms with Crippen LogP contribution in [0.2, 0.25) is 0 Å². The second-order valence-electron chi connectivity index (χ2n) is 5.79. The fourth-order valence-electron chi connectivity index (χ4n) is 2.52. The molecule has 0 amide bonds. The van der Waals surface area contributed by atoms with Crippen molar-refractivity contribution in [3.8, 4) is 5.75 Å². The molecule has 1 unspecified atom stereocenters. The van der Waals surface area contributed by atoms with Gasteiger partial charge in [0, 0.05) is 6.04 Å². The average Bonchev–Trinajstić information content (AvgIpc) is 2.56. The highest BCUT2D eigenvalue weighted by atomic mass is 32.2.